The predicted molar refractivity (Wildman–Crippen MR) is 59.9 cm³/mol. The average molecular weight is 258 g/mol. The van der Waals surface area contributed by atoms with Crippen LogP contribution in [0.3, 0.4) is 0 Å². The molecule has 1 saturated heterocycles. The molecule has 0 aliphatic carbocycles. The van der Waals surface area contributed by atoms with Crippen molar-refractivity contribution in [2.75, 3.05) is 13.1 Å². The summed E-state index contributed by atoms with van der Waals surface area (Å²) >= 11 is 0. The molecule has 1 aliphatic rings. The Balaban J connectivity index is 2.12. The van der Waals surface area contributed by atoms with Crippen LogP contribution in [0.5, 0.6) is 0 Å². The molecule has 1 fully saturated rings. The molecule has 1 amide bonds. The summed E-state index contributed by atoms with van der Waals surface area (Å²) in [6.07, 6.45) is -3.65. The highest BCUT2D eigenvalue weighted by atomic mass is 19.4. The molecule has 0 aromatic heterocycles. The minimum absolute atomic E-state index is 0.0385. The molecule has 0 unspecified atom stereocenters. The van der Waals surface area contributed by atoms with Gasteiger partial charge in [0.25, 0.3) is 5.91 Å². The smallest absolute Gasteiger partial charge is 0.337 e. The van der Waals surface area contributed by atoms with Crippen molar-refractivity contribution in [1.29, 1.82) is 0 Å². The van der Waals surface area contributed by atoms with Crippen molar-refractivity contribution in [3.63, 3.8) is 0 Å². The minimum Gasteiger partial charge on any atom is -0.337 e. The quantitative estimate of drug-likeness (QED) is 0.836. The van der Waals surface area contributed by atoms with Gasteiger partial charge in [-0.1, -0.05) is 0 Å². The Morgan fingerprint density at radius 3 is 2.33 bits per heavy atom. The van der Waals surface area contributed by atoms with Crippen molar-refractivity contribution in [3.05, 3.63) is 35.4 Å². The Morgan fingerprint density at radius 2 is 1.89 bits per heavy atom. The van der Waals surface area contributed by atoms with Crippen LogP contribution in [0.1, 0.15) is 22.3 Å². The highest BCUT2D eigenvalue weighted by Crippen LogP contribution is 2.29. The molecule has 0 saturated carbocycles. The molecular weight excluding hydrogens is 245 g/mol. The Bertz CT molecular complexity index is 442. The molecule has 1 aromatic rings. The van der Waals surface area contributed by atoms with Gasteiger partial charge in [-0.15, -0.1) is 0 Å². The largest absolute Gasteiger partial charge is 0.416 e. The van der Waals surface area contributed by atoms with Crippen LogP contribution in [0.15, 0.2) is 24.3 Å². The Hall–Kier alpha value is -1.56. The second-order valence-corrected chi connectivity index (χ2v) is 4.38. The third kappa shape index (κ3) is 2.64. The molecule has 0 bridgehead atoms. The normalized spacial score (nSPS) is 20.2. The highest BCUT2D eigenvalue weighted by molar-refractivity contribution is 5.94. The lowest BCUT2D eigenvalue weighted by Crippen LogP contribution is -2.31. The van der Waals surface area contributed by atoms with Gasteiger partial charge in [-0.25, -0.2) is 0 Å². The topological polar surface area (TPSA) is 46.3 Å². The number of carbonyl (C=O) groups is 1. The monoisotopic (exact) mass is 258 g/mol. The number of hydrogen-bond acceptors (Lipinski definition) is 2. The third-order valence-corrected chi connectivity index (χ3v) is 2.97. The second kappa shape index (κ2) is 4.61. The molecule has 1 aliphatic heterocycles. The van der Waals surface area contributed by atoms with Crippen molar-refractivity contribution < 1.29 is 18.0 Å². The summed E-state index contributed by atoms with van der Waals surface area (Å²) in [5.74, 6) is -0.267. The van der Waals surface area contributed by atoms with Crippen LogP contribution in [0.25, 0.3) is 0 Å². The van der Waals surface area contributed by atoms with E-state index in [1.165, 1.54) is 12.1 Å². The van der Waals surface area contributed by atoms with Gasteiger partial charge in [0.2, 0.25) is 0 Å². The second-order valence-electron chi connectivity index (χ2n) is 4.38. The van der Waals surface area contributed by atoms with E-state index in [0.29, 0.717) is 13.1 Å². The Labute approximate surface area is 102 Å². The van der Waals surface area contributed by atoms with Crippen LogP contribution in [0.2, 0.25) is 0 Å². The zero-order valence-corrected chi connectivity index (χ0v) is 9.57. The molecule has 1 heterocycles. The maximum atomic E-state index is 12.4. The molecule has 6 heteroatoms. The number of amides is 1. The van der Waals surface area contributed by atoms with Gasteiger partial charge in [-0.05, 0) is 30.7 Å². The van der Waals surface area contributed by atoms with E-state index >= 15 is 0 Å². The molecule has 18 heavy (non-hydrogen) atoms. The van der Waals surface area contributed by atoms with Crippen molar-refractivity contribution >= 4 is 5.91 Å². The molecule has 1 atom stereocenters. The Kier molecular flexibility index (Phi) is 3.30. The molecular formula is C12H13F3N2O. The van der Waals surface area contributed by atoms with Gasteiger partial charge in [0.05, 0.1) is 5.56 Å². The number of nitrogens with two attached hydrogens (primary N) is 1. The number of nitrogens with zero attached hydrogens (tertiary/aromatic N) is 1. The maximum Gasteiger partial charge on any atom is 0.416 e. The molecule has 2 rings (SSSR count). The van der Waals surface area contributed by atoms with E-state index in [9.17, 15) is 18.0 Å². The number of rotatable bonds is 1. The zero-order chi connectivity index (χ0) is 13.3. The summed E-state index contributed by atoms with van der Waals surface area (Å²) < 4.78 is 37.1. The van der Waals surface area contributed by atoms with Gasteiger partial charge in [0, 0.05) is 24.7 Å². The van der Waals surface area contributed by atoms with Crippen LogP contribution >= 0.6 is 0 Å². The standard InChI is InChI=1S/C12H13F3N2O/c13-12(14,15)9-3-1-8(2-4-9)11(18)17-6-5-10(16)7-17/h1-4,10H,5-7,16H2/t10-/m1/s1. The highest BCUT2D eigenvalue weighted by Gasteiger charge is 2.31. The van der Waals surface area contributed by atoms with Gasteiger partial charge >= 0.3 is 6.18 Å². The van der Waals surface area contributed by atoms with E-state index in [2.05, 4.69) is 0 Å². The van der Waals surface area contributed by atoms with Gasteiger partial charge < -0.3 is 10.6 Å². The van der Waals surface area contributed by atoms with E-state index < -0.39 is 11.7 Å². The fraction of sp³-hybridized carbons (Fsp3) is 0.417. The van der Waals surface area contributed by atoms with Gasteiger partial charge in [-0.3, -0.25) is 4.79 Å². The summed E-state index contributed by atoms with van der Waals surface area (Å²) in [6, 6.07) is 4.21. The molecule has 98 valence electrons. The molecule has 0 radical (unpaired) electrons. The Morgan fingerprint density at radius 1 is 1.28 bits per heavy atom. The zero-order valence-electron chi connectivity index (χ0n) is 9.57. The van der Waals surface area contributed by atoms with Gasteiger partial charge in [0.15, 0.2) is 0 Å². The van der Waals surface area contributed by atoms with E-state index in [0.717, 1.165) is 18.6 Å². The van der Waals surface area contributed by atoms with E-state index in [4.69, 9.17) is 5.73 Å². The minimum atomic E-state index is -4.38. The molecule has 0 spiro atoms. The molecule has 2 N–H and O–H groups in total. The molecule has 3 nitrogen and oxygen atoms in total. The van der Waals surface area contributed by atoms with E-state index in [1.807, 2.05) is 0 Å². The lowest BCUT2D eigenvalue weighted by atomic mass is 10.1. The number of likely N-dealkylation sites (tertiary alicyclic amines) is 1. The summed E-state index contributed by atoms with van der Waals surface area (Å²) in [5, 5.41) is 0. The summed E-state index contributed by atoms with van der Waals surface area (Å²) in [5.41, 5.74) is 5.19. The fourth-order valence-electron chi connectivity index (χ4n) is 1.96. The first-order valence-corrected chi connectivity index (χ1v) is 5.60. The lowest BCUT2D eigenvalue weighted by molar-refractivity contribution is -0.137. The number of carbonyl (C=O) groups excluding carboxylic acids is 1. The summed E-state index contributed by atoms with van der Waals surface area (Å²) in [6.45, 7) is 1.01. The van der Waals surface area contributed by atoms with E-state index in [-0.39, 0.29) is 17.5 Å². The van der Waals surface area contributed by atoms with Crippen molar-refractivity contribution in [2.24, 2.45) is 5.73 Å². The average Bonchev–Trinajstić information content (AvgIpc) is 2.74. The first-order valence-electron chi connectivity index (χ1n) is 5.60. The maximum absolute atomic E-state index is 12.4. The SMILES string of the molecule is N[C@@H]1CCN(C(=O)c2ccc(C(F)(F)F)cc2)C1. The van der Waals surface area contributed by atoms with Crippen molar-refractivity contribution in [2.45, 2.75) is 18.6 Å². The fourth-order valence-corrected chi connectivity index (χ4v) is 1.96. The third-order valence-electron chi connectivity index (χ3n) is 2.97. The van der Waals surface area contributed by atoms with Crippen LogP contribution in [0, 0.1) is 0 Å². The molecule has 1 aromatic carbocycles. The van der Waals surface area contributed by atoms with Gasteiger partial charge in [-0.2, -0.15) is 13.2 Å². The summed E-state index contributed by atoms with van der Waals surface area (Å²) in [7, 11) is 0. The first kappa shape index (κ1) is 12.9. The van der Waals surface area contributed by atoms with Crippen molar-refractivity contribution in [1.82, 2.24) is 4.90 Å². The van der Waals surface area contributed by atoms with Crippen molar-refractivity contribution in [3.8, 4) is 0 Å². The van der Waals surface area contributed by atoms with E-state index in [1.54, 1.807) is 4.90 Å². The number of benzene rings is 1. The van der Waals surface area contributed by atoms with Gasteiger partial charge in [0.1, 0.15) is 0 Å². The van der Waals surface area contributed by atoms with Crippen LogP contribution in [-0.2, 0) is 6.18 Å². The van der Waals surface area contributed by atoms with Crippen LogP contribution < -0.4 is 5.73 Å². The van der Waals surface area contributed by atoms with Crippen LogP contribution in [0.4, 0.5) is 13.2 Å². The number of halogens is 3. The first-order chi connectivity index (χ1) is 8.38. The number of alkyl halides is 3. The lowest BCUT2D eigenvalue weighted by Gasteiger charge is -2.16. The predicted octanol–water partition coefficient (Wildman–Crippen LogP) is 1.88. The van der Waals surface area contributed by atoms with Crippen LogP contribution in [-0.4, -0.2) is 29.9 Å². The summed E-state index contributed by atoms with van der Waals surface area (Å²) in [4.78, 5) is 13.5. The number of hydrogen-bond donors (Lipinski definition) is 1.